The molecule has 0 saturated heterocycles. The molecule has 2 aromatic rings. The predicted octanol–water partition coefficient (Wildman–Crippen LogP) is 4.99. The highest BCUT2D eigenvalue weighted by Gasteiger charge is 2.14. The summed E-state index contributed by atoms with van der Waals surface area (Å²) in [7, 11) is 0. The summed E-state index contributed by atoms with van der Waals surface area (Å²) in [5, 5.41) is 13.9. The molecule has 124 valence electrons. The number of aliphatic hydroxyl groups is 1. The van der Waals surface area contributed by atoms with E-state index in [-0.39, 0.29) is 0 Å². The lowest BCUT2D eigenvalue weighted by molar-refractivity contribution is 0.0786. The number of anilines is 2. The van der Waals surface area contributed by atoms with E-state index in [9.17, 15) is 5.11 Å². The molecule has 0 aromatic heterocycles. The first-order valence-corrected chi connectivity index (χ1v) is 8.80. The Hall–Kier alpha value is -1.65. The summed E-state index contributed by atoms with van der Waals surface area (Å²) in [4.78, 5) is 0. The highest BCUT2D eigenvalue weighted by atomic mass is 32.2. The molecule has 23 heavy (non-hydrogen) atoms. The number of nitrogens with one attached hydrogen (secondary N) is 2. The Bertz CT molecular complexity index is 601. The fraction of sp³-hybridized carbons (Fsp3) is 0.368. The highest BCUT2D eigenvalue weighted by Crippen LogP contribution is 2.22. The Labute approximate surface area is 143 Å². The monoisotopic (exact) mass is 330 g/mol. The first kappa shape index (κ1) is 17.7. The van der Waals surface area contributed by atoms with E-state index in [4.69, 9.17) is 0 Å². The molecular formula is C19H26N2OS. The second-order valence-corrected chi connectivity index (χ2v) is 7.84. The maximum Gasteiger partial charge on any atom is 0.0840 e. The molecule has 0 amide bonds. The fourth-order valence-corrected chi connectivity index (χ4v) is 2.58. The van der Waals surface area contributed by atoms with Crippen molar-refractivity contribution in [3.05, 3.63) is 59.7 Å². The van der Waals surface area contributed by atoms with Crippen LogP contribution in [0.15, 0.2) is 48.5 Å². The molecule has 0 bridgehead atoms. The Morgan fingerprint density at radius 1 is 0.957 bits per heavy atom. The van der Waals surface area contributed by atoms with E-state index in [0.29, 0.717) is 5.25 Å². The normalized spacial score (nSPS) is 11.6. The molecule has 0 aliphatic rings. The minimum atomic E-state index is -0.796. The van der Waals surface area contributed by atoms with Crippen molar-refractivity contribution in [2.45, 2.75) is 45.1 Å². The Kier molecular flexibility index (Phi) is 5.97. The lowest BCUT2D eigenvalue weighted by atomic mass is 9.98. The van der Waals surface area contributed by atoms with E-state index in [1.165, 1.54) is 5.56 Å². The number of hydrogen-bond donors (Lipinski definition) is 3. The van der Waals surface area contributed by atoms with Crippen LogP contribution in [0, 0.1) is 0 Å². The van der Waals surface area contributed by atoms with Crippen molar-refractivity contribution in [1.29, 1.82) is 0 Å². The van der Waals surface area contributed by atoms with Gasteiger partial charge in [0.2, 0.25) is 0 Å². The molecule has 0 heterocycles. The minimum absolute atomic E-state index is 0.559. The average Bonchev–Trinajstić information content (AvgIpc) is 2.51. The maximum atomic E-state index is 9.96. The average molecular weight is 330 g/mol. The first-order valence-electron chi connectivity index (χ1n) is 7.92. The predicted molar refractivity (Wildman–Crippen MR) is 102 cm³/mol. The van der Waals surface area contributed by atoms with Gasteiger partial charge in [0.1, 0.15) is 0 Å². The summed E-state index contributed by atoms with van der Waals surface area (Å²) in [5.74, 6) is 0. The third-order valence-electron chi connectivity index (χ3n) is 3.45. The van der Waals surface area contributed by atoms with Crippen LogP contribution in [0.25, 0.3) is 0 Å². The maximum absolute atomic E-state index is 9.96. The van der Waals surface area contributed by atoms with E-state index in [1.807, 2.05) is 24.3 Å². The Morgan fingerprint density at radius 3 is 2.04 bits per heavy atom. The molecule has 4 heteroatoms. The molecule has 0 fully saturated rings. The van der Waals surface area contributed by atoms with E-state index >= 15 is 0 Å². The van der Waals surface area contributed by atoms with Crippen LogP contribution < -0.4 is 10.0 Å². The SMILES string of the molecule is CC(C)SNc1ccc(CNc2ccc(C(C)(C)O)cc2)cc1. The van der Waals surface area contributed by atoms with Gasteiger partial charge in [0.05, 0.1) is 5.60 Å². The smallest absolute Gasteiger partial charge is 0.0840 e. The van der Waals surface area contributed by atoms with Crippen molar-refractivity contribution in [2.24, 2.45) is 0 Å². The van der Waals surface area contributed by atoms with Gasteiger partial charge in [-0.25, -0.2) is 0 Å². The second-order valence-electron chi connectivity index (χ2n) is 6.46. The van der Waals surface area contributed by atoms with Crippen molar-refractivity contribution in [3.8, 4) is 0 Å². The van der Waals surface area contributed by atoms with Gasteiger partial charge in [0.25, 0.3) is 0 Å². The van der Waals surface area contributed by atoms with Crippen LogP contribution >= 0.6 is 11.9 Å². The van der Waals surface area contributed by atoms with E-state index in [0.717, 1.165) is 23.5 Å². The van der Waals surface area contributed by atoms with Gasteiger partial charge < -0.3 is 15.1 Å². The molecule has 3 N–H and O–H groups in total. The van der Waals surface area contributed by atoms with Gasteiger partial charge in [-0.3, -0.25) is 0 Å². The fourth-order valence-electron chi connectivity index (χ4n) is 2.08. The standard InChI is InChI=1S/C19H26N2OS/c1-14(2)23-21-18-9-5-15(6-10-18)13-20-17-11-7-16(8-12-17)19(3,4)22/h5-12,14,20-22H,13H2,1-4H3. The molecule has 3 nitrogen and oxygen atoms in total. The van der Waals surface area contributed by atoms with Gasteiger partial charge in [-0.05, 0) is 61.2 Å². The van der Waals surface area contributed by atoms with Crippen LogP contribution in [0.5, 0.6) is 0 Å². The molecule has 0 unspecified atom stereocenters. The van der Waals surface area contributed by atoms with Crippen molar-refractivity contribution >= 4 is 23.3 Å². The molecule has 0 aliphatic carbocycles. The van der Waals surface area contributed by atoms with Gasteiger partial charge in [-0.2, -0.15) is 0 Å². The topological polar surface area (TPSA) is 44.3 Å². The second kappa shape index (κ2) is 7.75. The third kappa shape index (κ3) is 5.81. The van der Waals surface area contributed by atoms with E-state index in [2.05, 4.69) is 48.2 Å². The summed E-state index contributed by atoms with van der Waals surface area (Å²) in [6.07, 6.45) is 0. The Balaban J connectivity index is 1.88. The highest BCUT2D eigenvalue weighted by molar-refractivity contribution is 8.01. The van der Waals surface area contributed by atoms with Crippen LogP contribution in [-0.2, 0) is 12.1 Å². The molecule has 0 aliphatic heterocycles. The van der Waals surface area contributed by atoms with Gasteiger partial charge in [-0.15, -0.1) is 0 Å². The van der Waals surface area contributed by atoms with Crippen molar-refractivity contribution in [1.82, 2.24) is 0 Å². The summed E-state index contributed by atoms with van der Waals surface area (Å²) >= 11 is 1.72. The van der Waals surface area contributed by atoms with Gasteiger partial charge in [0.15, 0.2) is 0 Å². The van der Waals surface area contributed by atoms with Crippen molar-refractivity contribution in [2.75, 3.05) is 10.0 Å². The number of benzene rings is 2. The molecule has 2 rings (SSSR count). The van der Waals surface area contributed by atoms with E-state index in [1.54, 1.807) is 25.8 Å². The molecule has 0 saturated carbocycles. The number of hydrogen-bond acceptors (Lipinski definition) is 4. The van der Waals surface area contributed by atoms with E-state index < -0.39 is 5.60 Å². The quantitative estimate of drug-likeness (QED) is 0.626. The van der Waals surface area contributed by atoms with Crippen LogP contribution in [0.4, 0.5) is 11.4 Å². The van der Waals surface area contributed by atoms with Crippen molar-refractivity contribution < 1.29 is 5.11 Å². The zero-order valence-electron chi connectivity index (χ0n) is 14.3. The lowest BCUT2D eigenvalue weighted by Crippen LogP contribution is -2.15. The molecule has 2 aromatic carbocycles. The van der Waals surface area contributed by atoms with Crippen LogP contribution in [0.1, 0.15) is 38.8 Å². The zero-order valence-corrected chi connectivity index (χ0v) is 15.1. The zero-order chi connectivity index (χ0) is 16.9. The van der Waals surface area contributed by atoms with Crippen LogP contribution in [0.2, 0.25) is 0 Å². The van der Waals surface area contributed by atoms with Gasteiger partial charge in [0, 0.05) is 23.2 Å². The first-order chi connectivity index (χ1) is 10.8. The summed E-state index contributed by atoms with van der Waals surface area (Å²) in [6.45, 7) is 8.70. The lowest BCUT2D eigenvalue weighted by Gasteiger charge is -2.18. The summed E-state index contributed by atoms with van der Waals surface area (Å²) < 4.78 is 3.34. The third-order valence-corrected chi connectivity index (χ3v) is 4.28. The van der Waals surface area contributed by atoms with Crippen LogP contribution in [0.3, 0.4) is 0 Å². The van der Waals surface area contributed by atoms with Gasteiger partial charge >= 0.3 is 0 Å². The minimum Gasteiger partial charge on any atom is -0.386 e. The van der Waals surface area contributed by atoms with Crippen molar-refractivity contribution in [3.63, 3.8) is 0 Å². The molecule has 0 radical (unpaired) electrons. The summed E-state index contributed by atoms with van der Waals surface area (Å²) in [5.41, 5.74) is 3.53. The summed E-state index contributed by atoms with van der Waals surface area (Å²) in [6, 6.07) is 16.4. The molecular weight excluding hydrogens is 304 g/mol. The Morgan fingerprint density at radius 2 is 1.52 bits per heavy atom. The molecule has 0 atom stereocenters. The largest absolute Gasteiger partial charge is 0.386 e. The van der Waals surface area contributed by atoms with Crippen LogP contribution in [-0.4, -0.2) is 10.4 Å². The van der Waals surface area contributed by atoms with Gasteiger partial charge in [-0.1, -0.05) is 38.1 Å². The molecule has 0 spiro atoms. The number of rotatable bonds is 7.